The summed E-state index contributed by atoms with van der Waals surface area (Å²) in [5, 5.41) is 3.44. The molecule has 2 aromatic rings. The molecule has 2 aliphatic rings. The lowest BCUT2D eigenvalue weighted by atomic mass is 9.92. The van der Waals surface area contributed by atoms with Crippen molar-refractivity contribution in [1.82, 2.24) is 0 Å². The fourth-order valence-electron chi connectivity index (χ4n) is 4.52. The van der Waals surface area contributed by atoms with E-state index in [1.54, 1.807) is 0 Å². The van der Waals surface area contributed by atoms with E-state index in [4.69, 9.17) is 11.6 Å². The van der Waals surface area contributed by atoms with Gasteiger partial charge in [0.2, 0.25) is 0 Å². The molecule has 0 saturated heterocycles. The zero-order valence-electron chi connectivity index (χ0n) is 13.2. The summed E-state index contributed by atoms with van der Waals surface area (Å²) in [6.07, 6.45) is 5.77. The van der Waals surface area contributed by atoms with Crippen molar-refractivity contribution in [3.8, 4) is 0 Å². The second-order valence-electron chi connectivity index (χ2n) is 6.97. The summed E-state index contributed by atoms with van der Waals surface area (Å²) in [7, 11) is 0. The topological polar surface area (TPSA) is 16.6 Å². The Hall–Kier alpha value is -1.02. The third-order valence-electron chi connectivity index (χ3n) is 5.62. The van der Waals surface area contributed by atoms with Crippen LogP contribution in [0.5, 0.6) is 0 Å². The number of hydrogen-bond donors (Lipinski definition) is 1. The summed E-state index contributed by atoms with van der Waals surface area (Å²) >= 11 is 6.07. The van der Waals surface area contributed by atoms with Crippen molar-refractivity contribution in [1.29, 1.82) is 0 Å². The molecule has 3 heteroatoms. The number of halogens is 2. The average molecular weight is 348 g/mol. The Morgan fingerprint density at radius 1 is 0.870 bits per heavy atom. The Morgan fingerprint density at radius 2 is 1.57 bits per heavy atom. The number of quaternary nitrogens is 1. The van der Waals surface area contributed by atoms with Crippen LogP contribution in [0.15, 0.2) is 54.6 Å². The first-order valence-corrected chi connectivity index (χ1v) is 8.83. The van der Waals surface area contributed by atoms with E-state index >= 15 is 0 Å². The average Bonchev–Trinajstić information content (AvgIpc) is 3.17. The van der Waals surface area contributed by atoms with Gasteiger partial charge in [-0.15, -0.1) is 0 Å². The summed E-state index contributed by atoms with van der Waals surface area (Å²) in [5.41, 5.74) is 2.76. The van der Waals surface area contributed by atoms with Gasteiger partial charge in [-0.25, -0.2) is 0 Å². The van der Waals surface area contributed by atoms with E-state index in [0.717, 1.165) is 22.9 Å². The highest BCUT2D eigenvalue weighted by Gasteiger charge is 2.43. The van der Waals surface area contributed by atoms with Crippen LogP contribution in [0.25, 0.3) is 0 Å². The lowest BCUT2D eigenvalue weighted by Gasteiger charge is -2.26. The van der Waals surface area contributed by atoms with Crippen LogP contribution >= 0.6 is 11.6 Å². The third kappa shape index (κ3) is 3.57. The highest BCUT2D eigenvalue weighted by atomic mass is 35.5. The minimum Gasteiger partial charge on any atom is -1.00 e. The van der Waals surface area contributed by atoms with Crippen LogP contribution in [0.2, 0.25) is 5.02 Å². The fourth-order valence-corrected chi connectivity index (χ4v) is 4.65. The second kappa shape index (κ2) is 7.25. The standard InChI is InChI=1S/C20H22ClN.ClH/c21-18-10-8-16(9-11-18)20(15-4-2-1-3-5-15)22-19-13-14-6-7-17(19)12-14;/h1-5,8-11,14,17,19-20,22H,6-7,12-13H2;1H. The number of nitrogens with two attached hydrogens (primary N) is 1. The molecule has 2 N–H and O–H groups in total. The predicted octanol–water partition coefficient (Wildman–Crippen LogP) is 1.19. The van der Waals surface area contributed by atoms with E-state index in [1.165, 1.54) is 36.8 Å². The van der Waals surface area contributed by atoms with Crippen molar-refractivity contribution in [3.63, 3.8) is 0 Å². The molecule has 0 amide bonds. The molecule has 2 saturated carbocycles. The summed E-state index contributed by atoms with van der Waals surface area (Å²) in [4.78, 5) is 0. The zero-order valence-corrected chi connectivity index (χ0v) is 14.7. The van der Waals surface area contributed by atoms with Gasteiger partial charge in [0.15, 0.2) is 0 Å². The first-order chi connectivity index (χ1) is 10.8. The molecule has 0 aliphatic heterocycles. The molecule has 4 unspecified atom stereocenters. The summed E-state index contributed by atoms with van der Waals surface area (Å²) in [5.74, 6) is 1.93. The Bertz CT molecular complexity index is 626. The number of benzene rings is 2. The molecular formula is C20H23Cl2N. The van der Waals surface area contributed by atoms with Gasteiger partial charge in [-0.2, -0.15) is 0 Å². The van der Waals surface area contributed by atoms with Gasteiger partial charge in [0.25, 0.3) is 0 Å². The van der Waals surface area contributed by atoms with E-state index in [1.807, 2.05) is 12.1 Å². The van der Waals surface area contributed by atoms with Crippen LogP contribution in [0, 0.1) is 11.8 Å². The highest BCUT2D eigenvalue weighted by molar-refractivity contribution is 6.30. The maximum Gasteiger partial charge on any atom is 0.137 e. The maximum atomic E-state index is 6.07. The lowest BCUT2D eigenvalue weighted by Crippen LogP contribution is -3.00. The number of fused-ring (bicyclic) bond motifs is 2. The van der Waals surface area contributed by atoms with Crippen LogP contribution in [0.4, 0.5) is 0 Å². The summed E-state index contributed by atoms with van der Waals surface area (Å²) < 4.78 is 0. The van der Waals surface area contributed by atoms with Gasteiger partial charge in [0.05, 0.1) is 6.04 Å². The van der Waals surface area contributed by atoms with E-state index in [-0.39, 0.29) is 12.4 Å². The summed E-state index contributed by atoms with van der Waals surface area (Å²) in [6, 6.07) is 20.5. The Morgan fingerprint density at radius 3 is 2.17 bits per heavy atom. The molecule has 0 radical (unpaired) electrons. The SMILES string of the molecule is Clc1ccc(C([NH2+]C2CC3CCC2C3)c2ccccc2)cc1.[Cl-]. The lowest BCUT2D eigenvalue weighted by molar-refractivity contribution is -0.725. The molecule has 2 aromatic carbocycles. The van der Waals surface area contributed by atoms with Crippen molar-refractivity contribution in [2.45, 2.75) is 37.8 Å². The molecule has 4 atom stereocenters. The van der Waals surface area contributed by atoms with E-state index in [9.17, 15) is 0 Å². The molecule has 4 rings (SSSR count). The van der Waals surface area contributed by atoms with Crippen LogP contribution in [0.3, 0.4) is 0 Å². The van der Waals surface area contributed by atoms with Crippen molar-refractivity contribution in [2.24, 2.45) is 11.8 Å². The normalized spacial score (nSPS) is 26.7. The molecule has 0 aromatic heterocycles. The van der Waals surface area contributed by atoms with Crippen LogP contribution in [0.1, 0.15) is 42.9 Å². The highest BCUT2D eigenvalue weighted by Crippen LogP contribution is 2.43. The smallest absolute Gasteiger partial charge is 0.137 e. The molecule has 0 heterocycles. The predicted molar refractivity (Wildman–Crippen MR) is 90.9 cm³/mol. The first kappa shape index (κ1) is 16.8. The largest absolute Gasteiger partial charge is 1.00 e. The molecule has 1 nitrogen and oxygen atoms in total. The van der Waals surface area contributed by atoms with E-state index in [0.29, 0.717) is 6.04 Å². The minimum absolute atomic E-state index is 0. The Labute approximate surface area is 149 Å². The van der Waals surface area contributed by atoms with Gasteiger partial charge in [-0.3, -0.25) is 0 Å². The van der Waals surface area contributed by atoms with Gasteiger partial charge >= 0.3 is 0 Å². The molecular weight excluding hydrogens is 325 g/mol. The Balaban J connectivity index is 0.00000156. The molecule has 0 spiro atoms. The van der Waals surface area contributed by atoms with Crippen LogP contribution in [-0.2, 0) is 0 Å². The van der Waals surface area contributed by atoms with Crippen molar-refractivity contribution >= 4 is 11.6 Å². The number of rotatable bonds is 4. The molecule has 122 valence electrons. The van der Waals surface area contributed by atoms with Gasteiger partial charge in [0.1, 0.15) is 6.04 Å². The summed E-state index contributed by atoms with van der Waals surface area (Å²) in [6.45, 7) is 0. The fraction of sp³-hybridized carbons (Fsp3) is 0.400. The first-order valence-electron chi connectivity index (χ1n) is 8.45. The monoisotopic (exact) mass is 347 g/mol. The van der Waals surface area contributed by atoms with E-state index in [2.05, 4.69) is 47.8 Å². The Kier molecular flexibility index (Phi) is 5.31. The second-order valence-corrected chi connectivity index (χ2v) is 7.41. The molecule has 2 aliphatic carbocycles. The molecule has 23 heavy (non-hydrogen) atoms. The van der Waals surface area contributed by atoms with Crippen molar-refractivity contribution in [2.75, 3.05) is 0 Å². The van der Waals surface area contributed by atoms with Crippen LogP contribution < -0.4 is 17.7 Å². The van der Waals surface area contributed by atoms with Gasteiger partial charge < -0.3 is 17.7 Å². The maximum absolute atomic E-state index is 6.07. The number of hydrogen-bond acceptors (Lipinski definition) is 0. The van der Waals surface area contributed by atoms with E-state index < -0.39 is 0 Å². The van der Waals surface area contributed by atoms with Crippen molar-refractivity contribution < 1.29 is 17.7 Å². The van der Waals surface area contributed by atoms with Gasteiger partial charge in [-0.1, -0.05) is 54.1 Å². The van der Waals surface area contributed by atoms with Gasteiger partial charge in [0, 0.05) is 28.5 Å². The molecule has 2 bridgehead atoms. The van der Waals surface area contributed by atoms with Crippen LogP contribution in [-0.4, -0.2) is 6.04 Å². The molecule has 2 fully saturated rings. The van der Waals surface area contributed by atoms with Crippen molar-refractivity contribution in [3.05, 3.63) is 70.7 Å². The minimum atomic E-state index is 0. The third-order valence-corrected chi connectivity index (χ3v) is 5.87. The zero-order chi connectivity index (χ0) is 14.9. The van der Waals surface area contributed by atoms with Gasteiger partial charge in [-0.05, 0) is 37.3 Å². The quantitative estimate of drug-likeness (QED) is 0.855.